The van der Waals surface area contributed by atoms with E-state index < -0.39 is 11.5 Å². The third-order valence-corrected chi connectivity index (χ3v) is 5.22. The number of nitrogens with zero attached hydrogens (tertiary/aromatic N) is 2. The summed E-state index contributed by atoms with van der Waals surface area (Å²) in [6, 6.07) is 8.02. The molecule has 138 valence electrons. The number of aryl methyl sites for hydroxylation is 1. The molecule has 0 unspecified atom stereocenters. The molecule has 7 nitrogen and oxygen atoms in total. The average Bonchev–Trinajstić information content (AvgIpc) is 3.12. The minimum atomic E-state index is -0.492. The highest BCUT2D eigenvalue weighted by Gasteiger charge is 2.22. The topological polar surface area (TPSA) is 97.0 Å². The molecule has 0 spiro atoms. The first-order valence-electron chi connectivity index (χ1n) is 8.61. The largest absolute Gasteiger partial charge is 0.371 e. The molecule has 1 aliphatic heterocycles. The van der Waals surface area contributed by atoms with Crippen LogP contribution in [0.3, 0.4) is 0 Å². The number of hydrogen-bond donors (Lipinski definition) is 2. The molecule has 0 aliphatic carbocycles. The number of hydrogen-bond acceptors (Lipinski definition) is 6. The van der Waals surface area contributed by atoms with Gasteiger partial charge in [-0.05, 0) is 24.5 Å². The number of aromatic amines is 1. The van der Waals surface area contributed by atoms with E-state index in [2.05, 4.69) is 26.3 Å². The summed E-state index contributed by atoms with van der Waals surface area (Å²) in [6.07, 6.45) is 1.93. The lowest BCUT2D eigenvalue weighted by molar-refractivity contribution is 0.0411. The van der Waals surface area contributed by atoms with Gasteiger partial charge in [0, 0.05) is 18.1 Å². The fourth-order valence-corrected chi connectivity index (χ4v) is 3.68. The van der Waals surface area contributed by atoms with Crippen LogP contribution < -0.4 is 10.9 Å². The first-order valence-corrected chi connectivity index (χ1v) is 9.49. The number of carbonyl (C=O) groups is 1. The molecule has 4 rings (SSSR count). The molecule has 3 heterocycles. The zero-order valence-corrected chi connectivity index (χ0v) is 15.5. The monoisotopic (exact) mass is 382 g/mol. The molecule has 3 aromatic rings. The van der Waals surface area contributed by atoms with Crippen molar-refractivity contribution < 1.29 is 9.53 Å². The van der Waals surface area contributed by atoms with Crippen LogP contribution in [0.15, 0.2) is 40.6 Å². The molecule has 0 fully saturated rings. The molecule has 1 aliphatic rings. The maximum absolute atomic E-state index is 12.4. The van der Waals surface area contributed by atoms with Crippen LogP contribution in [0.4, 0.5) is 0 Å². The Labute approximate surface area is 159 Å². The lowest BCUT2D eigenvalue weighted by Crippen LogP contribution is -2.35. The third kappa shape index (κ3) is 3.67. The molecule has 1 amide bonds. The van der Waals surface area contributed by atoms with Crippen molar-refractivity contribution in [2.75, 3.05) is 13.2 Å². The van der Waals surface area contributed by atoms with Gasteiger partial charge in [-0.25, -0.2) is 9.97 Å². The van der Waals surface area contributed by atoms with Crippen molar-refractivity contribution in [2.45, 2.75) is 19.4 Å². The quantitative estimate of drug-likeness (QED) is 0.721. The number of amides is 1. The van der Waals surface area contributed by atoms with E-state index in [0.29, 0.717) is 24.7 Å². The van der Waals surface area contributed by atoms with Gasteiger partial charge < -0.3 is 15.0 Å². The lowest BCUT2D eigenvalue weighted by Gasteiger charge is -2.26. The van der Waals surface area contributed by atoms with Gasteiger partial charge in [0.1, 0.15) is 17.4 Å². The summed E-state index contributed by atoms with van der Waals surface area (Å²) in [7, 11) is 0. The van der Waals surface area contributed by atoms with Crippen LogP contribution in [-0.2, 0) is 11.2 Å². The highest BCUT2D eigenvalue weighted by Crippen LogP contribution is 2.26. The van der Waals surface area contributed by atoms with E-state index in [-0.39, 0.29) is 11.7 Å². The zero-order valence-electron chi connectivity index (χ0n) is 14.7. The van der Waals surface area contributed by atoms with Gasteiger partial charge in [0.2, 0.25) is 0 Å². The molecule has 0 bridgehead atoms. The highest BCUT2D eigenvalue weighted by atomic mass is 32.1. The van der Waals surface area contributed by atoms with Gasteiger partial charge in [0.05, 0.1) is 11.6 Å². The number of ether oxygens (including phenoxy) is 1. The van der Waals surface area contributed by atoms with Crippen LogP contribution in [0.2, 0.25) is 0 Å². The molecule has 1 atom stereocenters. The van der Waals surface area contributed by atoms with Gasteiger partial charge in [-0.3, -0.25) is 9.59 Å². The molecular formula is C19H18N4O3S. The smallest absolute Gasteiger partial charge is 0.264 e. The second kappa shape index (κ2) is 7.42. The van der Waals surface area contributed by atoms with Crippen LogP contribution in [0.25, 0.3) is 11.5 Å². The van der Waals surface area contributed by atoms with E-state index in [1.807, 2.05) is 30.5 Å². The van der Waals surface area contributed by atoms with Gasteiger partial charge >= 0.3 is 0 Å². The Morgan fingerprint density at radius 1 is 1.41 bits per heavy atom. The van der Waals surface area contributed by atoms with E-state index in [0.717, 1.165) is 17.0 Å². The number of thiazole rings is 1. The standard InChI is InChI=1S/C19H18N4O3S/c1-11-22-15(10-27-11)17-20-8-14(19(25)23-17)18(24)21-9-16-13-5-3-2-4-12(13)6-7-26-16/h2-5,8,10,16H,6-7,9H2,1H3,(H,21,24)(H,20,23,25)/t16-/m1/s1. The number of aromatic nitrogens is 3. The Balaban J connectivity index is 1.47. The fourth-order valence-electron chi connectivity index (χ4n) is 3.09. The van der Waals surface area contributed by atoms with E-state index in [1.54, 1.807) is 0 Å². The second-order valence-electron chi connectivity index (χ2n) is 6.24. The molecule has 1 aromatic carbocycles. The maximum Gasteiger partial charge on any atom is 0.264 e. The average molecular weight is 382 g/mol. The summed E-state index contributed by atoms with van der Waals surface area (Å²) in [4.78, 5) is 35.8. The number of rotatable bonds is 4. The SMILES string of the molecule is Cc1nc(-c2ncc(C(=O)NC[C@H]3OCCc4ccccc43)c(=O)[nH]2)cs1. The van der Waals surface area contributed by atoms with E-state index in [1.165, 1.54) is 23.1 Å². The van der Waals surface area contributed by atoms with Gasteiger partial charge in [-0.2, -0.15) is 0 Å². The molecular weight excluding hydrogens is 364 g/mol. The summed E-state index contributed by atoms with van der Waals surface area (Å²) < 4.78 is 5.78. The predicted octanol–water partition coefficient (Wildman–Crippen LogP) is 2.25. The van der Waals surface area contributed by atoms with Crippen LogP contribution >= 0.6 is 11.3 Å². The number of nitrogens with one attached hydrogen (secondary N) is 2. The van der Waals surface area contributed by atoms with Crippen molar-refractivity contribution >= 4 is 17.2 Å². The number of H-pyrrole nitrogens is 1. The van der Waals surface area contributed by atoms with Crippen LogP contribution in [0.5, 0.6) is 0 Å². The van der Waals surface area contributed by atoms with Gasteiger partial charge in [-0.1, -0.05) is 24.3 Å². The summed E-state index contributed by atoms with van der Waals surface area (Å²) in [5, 5.41) is 5.46. The predicted molar refractivity (Wildman–Crippen MR) is 102 cm³/mol. The minimum absolute atomic E-state index is 0.0326. The number of fused-ring (bicyclic) bond motifs is 1. The molecule has 2 N–H and O–H groups in total. The first-order chi connectivity index (χ1) is 13.1. The first kappa shape index (κ1) is 17.6. The van der Waals surface area contributed by atoms with Crippen molar-refractivity contribution in [1.82, 2.24) is 20.3 Å². The Morgan fingerprint density at radius 3 is 3.04 bits per heavy atom. The van der Waals surface area contributed by atoms with Gasteiger partial charge in [0.25, 0.3) is 11.5 Å². The molecule has 27 heavy (non-hydrogen) atoms. The Hall–Kier alpha value is -2.84. The van der Waals surface area contributed by atoms with Crippen molar-refractivity contribution in [1.29, 1.82) is 0 Å². The Bertz CT molecular complexity index is 1040. The van der Waals surface area contributed by atoms with E-state index in [4.69, 9.17) is 4.74 Å². The number of benzene rings is 1. The van der Waals surface area contributed by atoms with Crippen molar-refractivity contribution in [2.24, 2.45) is 0 Å². The van der Waals surface area contributed by atoms with Crippen LogP contribution in [0, 0.1) is 6.92 Å². The van der Waals surface area contributed by atoms with Gasteiger partial charge in [-0.15, -0.1) is 11.3 Å². The van der Waals surface area contributed by atoms with E-state index in [9.17, 15) is 9.59 Å². The molecule has 8 heteroatoms. The Morgan fingerprint density at radius 2 is 2.26 bits per heavy atom. The Kier molecular flexibility index (Phi) is 4.83. The normalized spacial score (nSPS) is 16.0. The van der Waals surface area contributed by atoms with E-state index >= 15 is 0 Å². The zero-order chi connectivity index (χ0) is 18.8. The summed E-state index contributed by atoms with van der Waals surface area (Å²) in [6.45, 7) is 2.78. The highest BCUT2D eigenvalue weighted by molar-refractivity contribution is 7.09. The number of carbonyl (C=O) groups excluding carboxylic acids is 1. The summed E-state index contributed by atoms with van der Waals surface area (Å²) in [5.41, 5.74) is 2.37. The van der Waals surface area contributed by atoms with Crippen molar-refractivity contribution in [3.05, 3.63) is 67.9 Å². The van der Waals surface area contributed by atoms with Crippen molar-refractivity contribution in [3.63, 3.8) is 0 Å². The molecule has 0 saturated heterocycles. The summed E-state index contributed by atoms with van der Waals surface area (Å²) in [5.74, 6) is -0.123. The lowest BCUT2D eigenvalue weighted by atomic mass is 9.97. The second-order valence-corrected chi connectivity index (χ2v) is 7.31. The molecule has 0 radical (unpaired) electrons. The minimum Gasteiger partial charge on any atom is -0.371 e. The van der Waals surface area contributed by atoms with Crippen LogP contribution in [-0.4, -0.2) is 34.0 Å². The van der Waals surface area contributed by atoms with Crippen molar-refractivity contribution in [3.8, 4) is 11.5 Å². The fraction of sp³-hybridized carbons (Fsp3) is 0.263. The van der Waals surface area contributed by atoms with Crippen LogP contribution in [0.1, 0.15) is 32.6 Å². The summed E-state index contributed by atoms with van der Waals surface area (Å²) >= 11 is 1.47. The molecule has 0 saturated carbocycles. The molecule has 2 aromatic heterocycles. The third-order valence-electron chi connectivity index (χ3n) is 4.45. The van der Waals surface area contributed by atoms with Gasteiger partial charge in [0.15, 0.2) is 5.82 Å². The maximum atomic E-state index is 12.4.